The van der Waals surface area contributed by atoms with E-state index in [1.807, 2.05) is 24.3 Å². The van der Waals surface area contributed by atoms with Gasteiger partial charge in [-0.2, -0.15) is 0 Å². The van der Waals surface area contributed by atoms with Crippen LogP contribution in [0, 0.1) is 5.82 Å². The third-order valence-electron chi connectivity index (χ3n) is 4.17. The number of rotatable bonds is 8. The van der Waals surface area contributed by atoms with Crippen LogP contribution in [0.2, 0.25) is 0 Å². The third kappa shape index (κ3) is 4.67. The number of aliphatic hydroxyl groups is 1. The first kappa shape index (κ1) is 18.0. The SMILES string of the molecule is OC(COc1ccccc1F)CSc1nc(NC2CC2)c2ccccc2n1. The van der Waals surface area contributed by atoms with Gasteiger partial charge >= 0.3 is 0 Å². The van der Waals surface area contributed by atoms with Gasteiger partial charge in [0.15, 0.2) is 16.7 Å². The van der Waals surface area contributed by atoms with E-state index < -0.39 is 11.9 Å². The van der Waals surface area contributed by atoms with Gasteiger partial charge in [0.05, 0.1) is 11.6 Å². The molecule has 1 aliphatic carbocycles. The average Bonchev–Trinajstić information content (AvgIpc) is 3.50. The van der Waals surface area contributed by atoms with Gasteiger partial charge in [-0.25, -0.2) is 14.4 Å². The average molecular weight is 385 g/mol. The van der Waals surface area contributed by atoms with Crippen LogP contribution < -0.4 is 10.1 Å². The number of benzene rings is 2. The van der Waals surface area contributed by atoms with Crippen LogP contribution in [0.3, 0.4) is 0 Å². The summed E-state index contributed by atoms with van der Waals surface area (Å²) in [5, 5.41) is 15.2. The van der Waals surface area contributed by atoms with Crippen LogP contribution in [0.1, 0.15) is 12.8 Å². The molecule has 27 heavy (non-hydrogen) atoms. The van der Waals surface area contributed by atoms with E-state index in [1.54, 1.807) is 12.1 Å². The second kappa shape index (κ2) is 8.10. The van der Waals surface area contributed by atoms with Crippen LogP contribution in [-0.4, -0.2) is 39.6 Å². The number of nitrogens with one attached hydrogen (secondary N) is 1. The highest BCUT2D eigenvalue weighted by Crippen LogP contribution is 2.30. The van der Waals surface area contributed by atoms with E-state index >= 15 is 0 Å². The van der Waals surface area contributed by atoms with Crippen molar-refractivity contribution in [2.24, 2.45) is 0 Å². The summed E-state index contributed by atoms with van der Waals surface area (Å²) in [5.41, 5.74) is 0.871. The van der Waals surface area contributed by atoms with Crippen molar-refractivity contribution in [1.29, 1.82) is 0 Å². The molecule has 0 aliphatic heterocycles. The molecule has 0 spiro atoms. The molecule has 1 aromatic heterocycles. The summed E-state index contributed by atoms with van der Waals surface area (Å²) < 4.78 is 18.9. The van der Waals surface area contributed by atoms with Crippen molar-refractivity contribution >= 4 is 28.5 Å². The molecule has 1 heterocycles. The number of fused-ring (bicyclic) bond motifs is 1. The van der Waals surface area contributed by atoms with E-state index in [2.05, 4.69) is 15.3 Å². The predicted octanol–water partition coefficient (Wildman–Crippen LogP) is 3.88. The Bertz CT molecular complexity index is 936. The highest BCUT2D eigenvalue weighted by atomic mass is 32.2. The van der Waals surface area contributed by atoms with Crippen molar-refractivity contribution in [3.63, 3.8) is 0 Å². The molecule has 0 amide bonds. The van der Waals surface area contributed by atoms with Gasteiger partial charge in [-0.15, -0.1) is 0 Å². The first-order valence-corrected chi connectivity index (χ1v) is 9.89. The van der Waals surface area contributed by atoms with Gasteiger partial charge in [0.2, 0.25) is 0 Å². The molecule has 1 atom stereocenters. The molecule has 5 nitrogen and oxygen atoms in total. The number of aromatic nitrogens is 2. The Kier molecular flexibility index (Phi) is 5.40. The lowest BCUT2D eigenvalue weighted by Gasteiger charge is -2.13. The van der Waals surface area contributed by atoms with Gasteiger partial charge in [-0.3, -0.25) is 0 Å². The molecule has 1 fully saturated rings. The second-order valence-corrected chi connectivity index (χ2v) is 7.48. The topological polar surface area (TPSA) is 67.3 Å². The number of nitrogens with zero attached hydrogens (tertiary/aromatic N) is 2. The van der Waals surface area contributed by atoms with E-state index in [4.69, 9.17) is 4.74 Å². The molecule has 0 radical (unpaired) electrons. The fourth-order valence-electron chi connectivity index (χ4n) is 2.62. The lowest BCUT2D eigenvalue weighted by Crippen LogP contribution is -2.20. The molecular weight excluding hydrogens is 365 g/mol. The molecule has 7 heteroatoms. The maximum atomic E-state index is 13.6. The third-order valence-corrected chi connectivity index (χ3v) is 5.17. The second-order valence-electron chi connectivity index (χ2n) is 6.50. The van der Waals surface area contributed by atoms with E-state index in [1.165, 1.54) is 23.9 Å². The van der Waals surface area contributed by atoms with E-state index in [9.17, 15) is 9.50 Å². The number of para-hydroxylation sites is 2. The molecule has 0 saturated heterocycles. The number of ether oxygens (including phenoxy) is 1. The molecule has 0 bridgehead atoms. The monoisotopic (exact) mass is 385 g/mol. The fourth-order valence-corrected chi connectivity index (χ4v) is 3.37. The molecule has 1 unspecified atom stereocenters. The van der Waals surface area contributed by atoms with Crippen molar-refractivity contribution in [2.45, 2.75) is 30.1 Å². The summed E-state index contributed by atoms with van der Waals surface area (Å²) in [5.74, 6) is 0.892. The Morgan fingerprint density at radius 2 is 1.93 bits per heavy atom. The molecule has 4 rings (SSSR count). The van der Waals surface area contributed by atoms with Crippen LogP contribution in [0.4, 0.5) is 10.2 Å². The van der Waals surface area contributed by atoms with Gasteiger partial charge in [0, 0.05) is 17.2 Å². The maximum Gasteiger partial charge on any atom is 0.190 e. The molecule has 2 aromatic carbocycles. The van der Waals surface area contributed by atoms with Crippen LogP contribution >= 0.6 is 11.8 Å². The Balaban J connectivity index is 1.40. The molecule has 1 saturated carbocycles. The first-order chi connectivity index (χ1) is 13.2. The molecule has 2 N–H and O–H groups in total. The minimum absolute atomic E-state index is 0.00863. The zero-order valence-electron chi connectivity index (χ0n) is 14.6. The largest absolute Gasteiger partial charge is 0.488 e. The normalized spacial score (nSPS) is 14.9. The summed E-state index contributed by atoms with van der Waals surface area (Å²) in [6, 6.07) is 14.5. The van der Waals surface area contributed by atoms with Crippen LogP contribution in [0.15, 0.2) is 53.7 Å². The Labute approximate surface area is 161 Å². The van der Waals surface area contributed by atoms with Crippen LogP contribution in [0.5, 0.6) is 5.75 Å². The van der Waals surface area contributed by atoms with Gasteiger partial charge in [0.1, 0.15) is 12.4 Å². The number of aliphatic hydroxyl groups excluding tert-OH is 1. The molecule has 3 aromatic rings. The Hall–Kier alpha value is -2.38. The van der Waals surface area contributed by atoms with Crippen LogP contribution in [0.25, 0.3) is 10.9 Å². The van der Waals surface area contributed by atoms with Crippen molar-refractivity contribution in [1.82, 2.24) is 9.97 Å². The fraction of sp³-hybridized carbons (Fsp3) is 0.300. The molecule has 1 aliphatic rings. The zero-order valence-corrected chi connectivity index (χ0v) is 15.5. The summed E-state index contributed by atoms with van der Waals surface area (Å²) in [4.78, 5) is 9.18. The molecular formula is C20H20FN3O2S. The van der Waals surface area contributed by atoms with Crippen molar-refractivity contribution in [3.05, 3.63) is 54.3 Å². The van der Waals surface area contributed by atoms with E-state index in [-0.39, 0.29) is 12.4 Å². The first-order valence-electron chi connectivity index (χ1n) is 8.90. The highest BCUT2D eigenvalue weighted by Gasteiger charge is 2.23. The lowest BCUT2D eigenvalue weighted by atomic mass is 10.2. The Morgan fingerprint density at radius 3 is 2.74 bits per heavy atom. The predicted molar refractivity (Wildman–Crippen MR) is 105 cm³/mol. The lowest BCUT2D eigenvalue weighted by molar-refractivity contribution is 0.123. The maximum absolute atomic E-state index is 13.6. The summed E-state index contributed by atoms with van der Waals surface area (Å²) in [6.45, 7) is 0.00863. The number of hydrogen-bond acceptors (Lipinski definition) is 6. The van der Waals surface area contributed by atoms with Gasteiger partial charge in [0.25, 0.3) is 0 Å². The highest BCUT2D eigenvalue weighted by molar-refractivity contribution is 7.99. The summed E-state index contributed by atoms with van der Waals surface area (Å²) in [7, 11) is 0. The molecule has 140 valence electrons. The quantitative estimate of drug-likeness (QED) is 0.453. The van der Waals surface area contributed by atoms with Gasteiger partial charge in [-0.1, -0.05) is 36.0 Å². The Morgan fingerprint density at radius 1 is 1.15 bits per heavy atom. The van der Waals surface area contributed by atoms with Gasteiger partial charge < -0.3 is 15.2 Å². The van der Waals surface area contributed by atoms with Crippen molar-refractivity contribution in [2.75, 3.05) is 17.7 Å². The van der Waals surface area contributed by atoms with Gasteiger partial charge in [-0.05, 0) is 37.1 Å². The minimum atomic E-state index is -0.760. The van der Waals surface area contributed by atoms with E-state index in [0.717, 1.165) is 29.6 Å². The van der Waals surface area contributed by atoms with Crippen molar-refractivity contribution < 1.29 is 14.2 Å². The summed E-state index contributed by atoms with van der Waals surface area (Å²) >= 11 is 1.36. The van der Waals surface area contributed by atoms with E-state index in [0.29, 0.717) is 17.0 Å². The number of hydrogen-bond donors (Lipinski definition) is 2. The smallest absolute Gasteiger partial charge is 0.190 e. The minimum Gasteiger partial charge on any atom is -0.488 e. The number of thioether (sulfide) groups is 1. The zero-order chi connectivity index (χ0) is 18.6. The van der Waals surface area contributed by atoms with Crippen molar-refractivity contribution in [3.8, 4) is 5.75 Å². The number of halogens is 1. The van der Waals surface area contributed by atoms with Crippen LogP contribution in [-0.2, 0) is 0 Å². The summed E-state index contributed by atoms with van der Waals surface area (Å²) in [6.07, 6.45) is 1.56. The number of anilines is 1. The standard InChI is InChI=1S/C20H20FN3O2S/c21-16-6-2-4-8-18(16)26-11-14(25)12-27-20-23-17-7-3-1-5-15(17)19(24-20)22-13-9-10-13/h1-8,13-14,25H,9-12H2,(H,22,23,24).